The van der Waals surface area contributed by atoms with Gasteiger partial charge in [-0.3, -0.25) is 0 Å². The number of hydrogen-bond acceptors (Lipinski definition) is 1. The molecule has 0 spiro atoms. The Kier molecular flexibility index (Phi) is 5.60. The molecule has 0 fully saturated rings. The van der Waals surface area contributed by atoms with Gasteiger partial charge in [0.05, 0.1) is 0 Å². The predicted octanol–water partition coefficient (Wildman–Crippen LogP) is 5.74. The Labute approximate surface area is 120 Å². The van der Waals surface area contributed by atoms with Crippen molar-refractivity contribution >= 4 is 0 Å². The molecular weight excluding hydrogens is 251 g/mol. The van der Waals surface area contributed by atoms with Crippen LogP contribution in [-0.4, -0.2) is 0 Å². The summed E-state index contributed by atoms with van der Waals surface area (Å²) < 4.78 is 19.4. The van der Waals surface area contributed by atoms with Crippen LogP contribution in [0.2, 0.25) is 0 Å². The summed E-state index contributed by atoms with van der Waals surface area (Å²) in [5.41, 5.74) is 1.13. The van der Waals surface area contributed by atoms with Gasteiger partial charge in [-0.05, 0) is 42.7 Å². The van der Waals surface area contributed by atoms with Gasteiger partial charge in [-0.2, -0.15) is 0 Å². The van der Waals surface area contributed by atoms with Crippen molar-refractivity contribution in [3.05, 3.63) is 59.9 Å². The summed E-state index contributed by atoms with van der Waals surface area (Å²) >= 11 is 0. The number of unbranched alkanes of at least 4 members (excludes halogenated alkanes) is 3. The van der Waals surface area contributed by atoms with E-state index in [1.807, 2.05) is 42.5 Å². The number of para-hydroxylation sites is 1. The zero-order valence-corrected chi connectivity index (χ0v) is 11.9. The van der Waals surface area contributed by atoms with E-state index in [1.165, 1.54) is 25.3 Å². The van der Waals surface area contributed by atoms with Crippen LogP contribution in [0.5, 0.6) is 11.5 Å². The molecule has 0 unspecified atom stereocenters. The molecule has 0 radical (unpaired) electrons. The first-order chi connectivity index (χ1) is 9.79. The second kappa shape index (κ2) is 7.68. The lowest BCUT2D eigenvalue weighted by molar-refractivity contribution is 0.441. The highest BCUT2D eigenvalue weighted by atomic mass is 19.1. The monoisotopic (exact) mass is 272 g/mol. The molecule has 0 N–H and O–H groups in total. The van der Waals surface area contributed by atoms with Gasteiger partial charge >= 0.3 is 0 Å². The maximum absolute atomic E-state index is 13.8. The molecule has 0 amide bonds. The Bertz CT molecular complexity index is 522. The van der Waals surface area contributed by atoms with Crippen LogP contribution in [0, 0.1) is 5.82 Å². The Morgan fingerprint density at radius 1 is 0.950 bits per heavy atom. The van der Waals surface area contributed by atoms with Gasteiger partial charge in [-0.15, -0.1) is 0 Å². The molecule has 2 rings (SSSR count). The van der Waals surface area contributed by atoms with E-state index in [9.17, 15) is 4.39 Å². The van der Waals surface area contributed by atoms with E-state index in [0.717, 1.165) is 18.4 Å². The van der Waals surface area contributed by atoms with Crippen molar-refractivity contribution in [2.45, 2.75) is 39.0 Å². The molecule has 0 aliphatic heterocycles. The minimum absolute atomic E-state index is 0.309. The molecule has 2 aromatic rings. The average molecular weight is 272 g/mol. The van der Waals surface area contributed by atoms with Crippen molar-refractivity contribution in [1.82, 2.24) is 0 Å². The van der Waals surface area contributed by atoms with Gasteiger partial charge in [0.15, 0.2) is 11.6 Å². The largest absolute Gasteiger partial charge is 0.454 e. The Hall–Kier alpha value is -1.83. The van der Waals surface area contributed by atoms with E-state index < -0.39 is 0 Å². The fourth-order valence-corrected chi connectivity index (χ4v) is 2.15. The minimum Gasteiger partial charge on any atom is -0.454 e. The van der Waals surface area contributed by atoms with Gasteiger partial charge in [0.1, 0.15) is 5.75 Å². The predicted molar refractivity (Wildman–Crippen MR) is 80.8 cm³/mol. The fourth-order valence-electron chi connectivity index (χ4n) is 2.15. The number of hydrogen-bond donors (Lipinski definition) is 0. The number of benzene rings is 2. The number of halogens is 1. The van der Waals surface area contributed by atoms with E-state index in [0.29, 0.717) is 11.5 Å². The standard InChI is InChI=1S/C18H21FO/c1-2-3-4-6-9-15-12-13-17(19)18(14-15)20-16-10-7-5-8-11-16/h5,7-8,10-14H,2-4,6,9H2,1H3. The van der Waals surface area contributed by atoms with E-state index >= 15 is 0 Å². The van der Waals surface area contributed by atoms with Crippen LogP contribution >= 0.6 is 0 Å². The molecule has 2 aromatic carbocycles. The van der Waals surface area contributed by atoms with Gasteiger partial charge in [0, 0.05) is 0 Å². The minimum atomic E-state index is -0.314. The van der Waals surface area contributed by atoms with Crippen LogP contribution in [-0.2, 0) is 6.42 Å². The SMILES string of the molecule is CCCCCCc1ccc(F)c(Oc2ccccc2)c1. The van der Waals surface area contributed by atoms with Crippen LogP contribution in [0.15, 0.2) is 48.5 Å². The maximum atomic E-state index is 13.8. The first-order valence-electron chi connectivity index (χ1n) is 7.31. The molecule has 0 heterocycles. The summed E-state index contributed by atoms with van der Waals surface area (Å²) in [6.07, 6.45) is 5.83. The molecule has 0 bridgehead atoms. The third-order valence-electron chi connectivity index (χ3n) is 3.29. The highest BCUT2D eigenvalue weighted by molar-refractivity contribution is 5.35. The number of aryl methyl sites for hydroxylation is 1. The van der Waals surface area contributed by atoms with E-state index in [4.69, 9.17) is 4.74 Å². The second-order valence-electron chi connectivity index (χ2n) is 4.99. The quantitative estimate of drug-likeness (QED) is 0.584. The van der Waals surface area contributed by atoms with Gasteiger partial charge in [-0.25, -0.2) is 4.39 Å². The first kappa shape index (κ1) is 14.6. The normalized spacial score (nSPS) is 10.5. The molecule has 0 saturated carbocycles. The van der Waals surface area contributed by atoms with Crippen molar-refractivity contribution in [3.8, 4) is 11.5 Å². The van der Waals surface area contributed by atoms with E-state index in [1.54, 1.807) is 0 Å². The van der Waals surface area contributed by atoms with E-state index in [-0.39, 0.29) is 5.82 Å². The smallest absolute Gasteiger partial charge is 0.165 e. The van der Waals surface area contributed by atoms with Crippen LogP contribution in [0.25, 0.3) is 0 Å². The zero-order valence-electron chi connectivity index (χ0n) is 11.9. The Morgan fingerprint density at radius 2 is 1.75 bits per heavy atom. The molecule has 0 aromatic heterocycles. The average Bonchev–Trinajstić information content (AvgIpc) is 2.48. The van der Waals surface area contributed by atoms with Gasteiger partial charge < -0.3 is 4.74 Å². The third kappa shape index (κ3) is 4.37. The Morgan fingerprint density at radius 3 is 2.50 bits per heavy atom. The summed E-state index contributed by atoms with van der Waals surface area (Å²) in [6, 6.07) is 14.5. The fraction of sp³-hybridized carbons (Fsp3) is 0.333. The summed E-state index contributed by atoms with van der Waals surface area (Å²) in [4.78, 5) is 0. The summed E-state index contributed by atoms with van der Waals surface area (Å²) in [6.45, 7) is 2.20. The topological polar surface area (TPSA) is 9.23 Å². The van der Waals surface area contributed by atoms with Crippen molar-refractivity contribution in [2.24, 2.45) is 0 Å². The summed E-state index contributed by atoms with van der Waals surface area (Å²) in [5.74, 6) is 0.657. The van der Waals surface area contributed by atoms with Crippen LogP contribution in [0.4, 0.5) is 4.39 Å². The summed E-state index contributed by atoms with van der Waals surface area (Å²) in [5, 5.41) is 0. The van der Waals surface area contributed by atoms with Gasteiger partial charge in [-0.1, -0.05) is 50.5 Å². The third-order valence-corrected chi connectivity index (χ3v) is 3.29. The van der Waals surface area contributed by atoms with Crippen molar-refractivity contribution < 1.29 is 9.13 Å². The summed E-state index contributed by atoms with van der Waals surface area (Å²) in [7, 11) is 0. The molecule has 0 aliphatic carbocycles. The molecule has 20 heavy (non-hydrogen) atoms. The van der Waals surface area contributed by atoms with Crippen molar-refractivity contribution in [2.75, 3.05) is 0 Å². The molecule has 0 atom stereocenters. The van der Waals surface area contributed by atoms with E-state index in [2.05, 4.69) is 6.92 Å². The molecule has 2 heteroatoms. The molecule has 0 saturated heterocycles. The molecule has 1 nitrogen and oxygen atoms in total. The highest BCUT2D eigenvalue weighted by Gasteiger charge is 2.06. The lowest BCUT2D eigenvalue weighted by Gasteiger charge is -2.09. The zero-order chi connectivity index (χ0) is 14.2. The van der Waals surface area contributed by atoms with Crippen LogP contribution in [0.3, 0.4) is 0 Å². The highest BCUT2D eigenvalue weighted by Crippen LogP contribution is 2.26. The maximum Gasteiger partial charge on any atom is 0.165 e. The number of rotatable bonds is 7. The number of ether oxygens (including phenoxy) is 1. The first-order valence-corrected chi connectivity index (χ1v) is 7.31. The molecular formula is C18H21FO. The van der Waals surface area contributed by atoms with Gasteiger partial charge in [0.2, 0.25) is 0 Å². The lowest BCUT2D eigenvalue weighted by Crippen LogP contribution is -1.92. The van der Waals surface area contributed by atoms with Gasteiger partial charge in [0.25, 0.3) is 0 Å². The van der Waals surface area contributed by atoms with Crippen molar-refractivity contribution in [1.29, 1.82) is 0 Å². The van der Waals surface area contributed by atoms with Crippen LogP contribution in [0.1, 0.15) is 38.2 Å². The molecule has 106 valence electrons. The lowest BCUT2D eigenvalue weighted by atomic mass is 10.1. The van der Waals surface area contributed by atoms with Crippen LogP contribution < -0.4 is 4.74 Å². The Balaban J connectivity index is 2.01. The van der Waals surface area contributed by atoms with Crippen molar-refractivity contribution in [3.63, 3.8) is 0 Å². The second-order valence-corrected chi connectivity index (χ2v) is 4.99. The molecule has 0 aliphatic rings.